The van der Waals surface area contributed by atoms with Gasteiger partial charge in [-0.2, -0.15) is 0 Å². The van der Waals surface area contributed by atoms with Gasteiger partial charge in [0.15, 0.2) is 5.78 Å². The van der Waals surface area contributed by atoms with E-state index < -0.39 is 5.60 Å². The predicted molar refractivity (Wildman–Crippen MR) is 45.4 cm³/mol. The molecule has 2 bridgehead atoms. The standard InChI is InChI=1S/C10H12O4/c1-4(2)13-9(12)7-5-3-6-8(11)10(5,7)14-6/h4-7H,3H2,1-2H3. The first-order valence-electron chi connectivity index (χ1n) is 5.00. The Hall–Kier alpha value is -0.900. The first-order chi connectivity index (χ1) is 6.57. The number of Topliss-reactive ketones (excluding diaryl/α,β-unsaturated/α-hetero) is 1. The molecule has 76 valence electrons. The second-order valence-electron chi connectivity index (χ2n) is 4.57. The third-order valence-electron chi connectivity index (χ3n) is 3.39. The van der Waals surface area contributed by atoms with E-state index in [0.29, 0.717) is 0 Å². The third-order valence-corrected chi connectivity index (χ3v) is 3.39. The summed E-state index contributed by atoms with van der Waals surface area (Å²) in [6.07, 6.45) is 0.394. The Morgan fingerprint density at radius 3 is 2.79 bits per heavy atom. The molecule has 0 aromatic rings. The average molecular weight is 196 g/mol. The maximum absolute atomic E-state index is 11.6. The van der Waals surface area contributed by atoms with Gasteiger partial charge in [0.05, 0.1) is 12.0 Å². The summed E-state index contributed by atoms with van der Waals surface area (Å²) in [5.41, 5.74) is -0.726. The maximum atomic E-state index is 11.6. The van der Waals surface area contributed by atoms with Gasteiger partial charge in [-0.1, -0.05) is 0 Å². The molecule has 2 aliphatic heterocycles. The summed E-state index contributed by atoms with van der Waals surface area (Å²) >= 11 is 0. The molecule has 2 heterocycles. The summed E-state index contributed by atoms with van der Waals surface area (Å²) in [5, 5.41) is 0. The molecule has 0 amide bonds. The van der Waals surface area contributed by atoms with Crippen LogP contribution in [-0.4, -0.2) is 29.6 Å². The van der Waals surface area contributed by atoms with E-state index in [1.807, 2.05) is 0 Å². The lowest BCUT2D eigenvalue weighted by Crippen LogP contribution is -2.50. The Morgan fingerprint density at radius 1 is 1.64 bits per heavy atom. The summed E-state index contributed by atoms with van der Waals surface area (Å²) in [7, 11) is 0. The van der Waals surface area contributed by atoms with Crippen LogP contribution in [0.3, 0.4) is 0 Å². The molecular weight excluding hydrogens is 184 g/mol. The van der Waals surface area contributed by atoms with Crippen molar-refractivity contribution >= 4 is 11.8 Å². The number of rotatable bonds is 2. The second-order valence-corrected chi connectivity index (χ2v) is 4.57. The van der Waals surface area contributed by atoms with Crippen LogP contribution in [0.25, 0.3) is 0 Å². The molecule has 0 aromatic heterocycles. The van der Waals surface area contributed by atoms with Gasteiger partial charge in [-0.3, -0.25) is 9.59 Å². The van der Waals surface area contributed by atoms with Crippen LogP contribution in [0.1, 0.15) is 20.3 Å². The lowest BCUT2D eigenvalue weighted by atomic mass is 10.0. The number of carbonyl (C=O) groups is 2. The fraction of sp³-hybridized carbons (Fsp3) is 0.800. The fourth-order valence-corrected chi connectivity index (χ4v) is 2.81. The van der Waals surface area contributed by atoms with Gasteiger partial charge in [0.2, 0.25) is 0 Å². The molecule has 4 atom stereocenters. The largest absolute Gasteiger partial charge is 0.463 e. The summed E-state index contributed by atoms with van der Waals surface area (Å²) < 4.78 is 10.5. The fourth-order valence-electron chi connectivity index (χ4n) is 2.81. The highest BCUT2D eigenvalue weighted by molar-refractivity contribution is 6.08. The maximum Gasteiger partial charge on any atom is 0.313 e. The van der Waals surface area contributed by atoms with Gasteiger partial charge in [0.1, 0.15) is 11.7 Å². The third kappa shape index (κ3) is 0.704. The Kier molecular flexibility index (Phi) is 1.31. The van der Waals surface area contributed by atoms with Crippen molar-refractivity contribution < 1.29 is 19.1 Å². The van der Waals surface area contributed by atoms with E-state index in [4.69, 9.17) is 9.47 Å². The molecule has 0 radical (unpaired) electrons. The highest BCUT2D eigenvalue weighted by Crippen LogP contribution is 2.70. The molecule has 14 heavy (non-hydrogen) atoms. The number of hydrogen-bond acceptors (Lipinski definition) is 4. The van der Waals surface area contributed by atoms with Gasteiger partial charge in [-0.15, -0.1) is 0 Å². The zero-order valence-electron chi connectivity index (χ0n) is 8.15. The molecule has 4 nitrogen and oxygen atoms in total. The van der Waals surface area contributed by atoms with Crippen LogP contribution in [0.15, 0.2) is 0 Å². The Morgan fingerprint density at radius 2 is 2.36 bits per heavy atom. The Balaban J connectivity index is 1.74. The zero-order valence-corrected chi connectivity index (χ0v) is 8.15. The molecule has 4 fully saturated rings. The number of esters is 1. The van der Waals surface area contributed by atoms with Crippen molar-refractivity contribution in [3.63, 3.8) is 0 Å². The van der Waals surface area contributed by atoms with Gasteiger partial charge in [-0.25, -0.2) is 0 Å². The second kappa shape index (κ2) is 2.19. The quantitative estimate of drug-likeness (QED) is 0.596. The molecule has 4 unspecified atom stereocenters. The molecule has 0 N–H and O–H groups in total. The van der Waals surface area contributed by atoms with Crippen LogP contribution in [0.5, 0.6) is 0 Å². The van der Waals surface area contributed by atoms with Gasteiger partial charge >= 0.3 is 5.97 Å². The van der Waals surface area contributed by atoms with E-state index in [9.17, 15) is 9.59 Å². The highest BCUT2D eigenvalue weighted by Gasteiger charge is 2.87. The molecule has 2 saturated carbocycles. The van der Waals surface area contributed by atoms with E-state index in [0.717, 1.165) is 6.42 Å². The topological polar surface area (TPSA) is 52.6 Å². The summed E-state index contributed by atoms with van der Waals surface area (Å²) in [6.45, 7) is 3.61. The van der Waals surface area contributed by atoms with Crippen molar-refractivity contribution in [2.45, 2.75) is 38.1 Å². The number of ketones is 1. The van der Waals surface area contributed by atoms with Crippen molar-refractivity contribution in [2.75, 3.05) is 0 Å². The molecule has 4 rings (SSSR count). The minimum atomic E-state index is -0.726. The summed E-state index contributed by atoms with van der Waals surface area (Å²) in [6, 6.07) is 0. The number of ether oxygens (including phenoxy) is 2. The molecule has 4 heteroatoms. The summed E-state index contributed by atoms with van der Waals surface area (Å²) in [4.78, 5) is 23.0. The van der Waals surface area contributed by atoms with E-state index >= 15 is 0 Å². The van der Waals surface area contributed by atoms with Gasteiger partial charge < -0.3 is 9.47 Å². The van der Waals surface area contributed by atoms with E-state index in [-0.39, 0.29) is 35.8 Å². The Bertz CT molecular complexity index is 333. The number of carbonyl (C=O) groups excluding carboxylic acids is 2. The van der Waals surface area contributed by atoms with Crippen LogP contribution in [0.4, 0.5) is 0 Å². The zero-order chi connectivity index (χ0) is 10.1. The molecule has 2 saturated heterocycles. The first-order valence-corrected chi connectivity index (χ1v) is 5.00. The van der Waals surface area contributed by atoms with Gasteiger partial charge in [0.25, 0.3) is 0 Å². The Labute approximate surface area is 81.6 Å². The number of hydrogen-bond donors (Lipinski definition) is 0. The normalized spacial score (nSPS) is 47.4. The highest BCUT2D eigenvalue weighted by atomic mass is 16.6. The first kappa shape index (κ1) is 8.41. The van der Waals surface area contributed by atoms with Gasteiger partial charge in [-0.05, 0) is 20.3 Å². The van der Waals surface area contributed by atoms with Crippen LogP contribution in [-0.2, 0) is 19.1 Å². The smallest absolute Gasteiger partial charge is 0.313 e. The van der Waals surface area contributed by atoms with Crippen LogP contribution < -0.4 is 0 Å². The van der Waals surface area contributed by atoms with Crippen LogP contribution >= 0.6 is 0 Å². The van der Waals surface area contributed by atoms with Gasteiger partial charge in [0, 0.05) is 5.92 Å². The van der Waals surface area contributed by atoms with Crippen molar-refractivity contribution in [1.29, 1.82) is 0 Å². The lowest BCUT2D eigenvalue weighted by Gasteiger charge is -2.30. The van der Waals surface area contributed by atoms with Crippen LogP contribution in [0, 0.1) is 11.8 Å². The minimum Gasteiger partial charge on any atom is -0.463 e. The molecule has 2 aliphatic carbocycles. The van der Waals surface area contributed by atoms with Crippen LogP contribution in [0.2, 0.25) is 0 Å². The molecular formula is C10H12O4. The monoisotopic (exact) mass is 196 g/mol. The SMILES string of the molecule is CC(C)OC(=O)C1C2CC3OC21C3=O. The van der Waals surface area contributed by atoms with Crippen molar-refractivity contribution in [1.82, 2.24) is 0 Å². The van der Waals surface area contributed by atoms with E-state index in [2.05, 4.69) is 0 Å². The minimum absolute atomic E-state index is 0.117. The molecule has 4 aliphatic rings. The molecule has 0 aromatic carbocycles. The van der Waals surface area contributed by atoms with E-state index in [1.54, 1.807) is 13.8 Å². The van der Waals surface area contributed by atoms with Crippen molar-refractivity contribution in [2.24, 2.45) is 11.8 Å². The van der Waals surface area contributed by atoms with Crippen molar-refractivity contribution in [3.8, 4) is 0 Å². The summed E-state index contributed by atoms with van der Waals surface area (Å²) in [5.74, 6) is -0.335. The lowest BCUT2D eigenvalue weighted by molar-refractivity contribution is -0.178. The predicted octanol–water partition coefficient (Wildman–Crippen LogP) is 0.294. The van der Waals surface area contributed by atoms with Crippen molar-refractivity contribution in [3.05, 3.63) is 0 Å². The van der Waals surface area contributed by atoms with E-state index in [1.165, 1.54) is 0 Å². The molecule has 1 spiro atoms. The average Bonchev–Trinajstić information content (AvgIpc) is 2.50.